The van der Waals surface area contributed by atoms with Gasteiger partial charge in [0, 0.05) is 24.8 Å². The summed E-state index contributed by atoms with van der Waals surface area (Å²) in [7, 11) is 0. The number of aromatic hydroxyl groups is 2. The number of carbonyl (C=O) groups excluding carboxylic acids is 1. The van der Waals surface area contributed by atoms with E-state index in [0.29, 0.717) is 24.0 Å². The topological polar surface area (TPSA) is 57.5 Å². The predicted octanol–water partition coefficient (Wildman–Crippen LogP) is 5.70. The first kappa shape index (κ1) is 20.4. The van der Waals surface area contributed by atoms with Gasteiger partial charge in [0.2, 0.25) is 0 Å². The van der Waals surface area contributed by atoms with Crippen molar-refractivity contribution >= 4 is 5.78 Å². The highest BCUT2D eigenvalue weighted by Gasteiger charge is 2.22. The van der Waals surface area contributed by atoms with Gasteiger partial charge in [-0.3, -0.25) is 4.79 Å². The van der Waals surface area contributed by atoms with Crippen molar-refractivity contribution in [1.82, 2.24) is 0 Å². The van der Waals surface area contributed by atoms with Crippen molar-refractivity contribution in [2.45, 2.75) is 19.3 Å². The molecule has 4 rings (SSSR count). The Kier molecular flexibility index (Phi) is 6.13. The lowest BCUT2D eigenvalue weighted by Gasteiger charge is -2.16. The zero-order chi connectivity index (χ0) is 21.6. The van der Waals surface area contributed by atoms with Crippen LogP contribution in [0.25, 0.3) is 0 Å². The lowest BCUT2D eigenvalue weighted by atomic mass is 9.91. The molecule has 0 aliphatic carbocycles. The molecule has 0 spiro atoms. The number of ketones is 1. The number of carbonyl (C=O) groups is 1. The zero-order valence-corrected chi connectivity index (χ0v) is 17.2. The summed E-state index contributed by atoms with van der Waals surface area (Å²) < 4.78 is 0. The second-order valence-electron chi connectivity index (χ2n) is 7.67. The molecule has 4 aromatic rings. The van der Waals surface area contributed by atoms with Crippen molar-refractivity contribution in [3.05, 3.63) is 130 Å². The Morgan fingerprint density at radius 1 is 0.613 bits per heavy atom. The maximum absolute atomic E-state index is 13.1. The van der Waals surface area contributed by atoms with Crippen LogP contribution in [0.4, 0.5) is 0 Å². The summed E-state index contributed by atoms with van der Waals surface area (Å²) in [5.41, 5.74) is 4.12. The van der Waals surface area contributed by atoms with Gasteiger partial charge in [-0.25, -0.2) is 0 Å². The third-order valence-electron chi connectivity index (χ3n) is 5.42. The highest BCUT2D eigenvalue weighted by Crippen LogP contribution is 2.37. The third-order valence-corrected chi connectivity index (χ3v) is 5.42. The molecule has 0 saturated carbocycles. The van der Waals surface area contributed by atoms with Crippen molar-refractivity contribution in [1.29, 1.82) is 0 Å². The van der Waals surface area contributed by atoms with Crippen LogP contribution in [-0.4, -0.2) is 16.0 Å². The molecule has 31 heavy (non-hydrogen) atoms. The first-order valence-corrected chi connectivity index (χ1v) is 10.3. The number of hydrogen-bond acceptors (Lipinski definition) is 3. The number of benzene rings is 4. The number of hydrogen-bond donors (Lipinski definition) is 2. The largest absolute Gasteiger partial charge is 0.507 e. The summed E-state index contributed by atoms with van der Waals surface area (Å²) in [6, 6.07) is 30.5. The molecule has 0 bridgehead atoms. The van der Waals surface area contributed by atoms with Gasteiger partial charge < -0.3 is 10.2 Å². The maximum atomic E-state index is 13.1. The fourth-order valence-electron chi connectivity index (χ4n) is 3.79. The lowest BCUT2D eigenvalue weighted by molar-refractivity contribution is 0.0990. The quantitative estimate of drug-likeness (QED) is 0.385. The Balaban J connectivity index is 1.76. The van der Waals surface area contributed by atoms with Gasteiger partial charge in [0.1, 0.15) is 11.5 Å². The summed E-state index contributed by atoms with van der Waals surface area (Å²) in [6.45, 7) is 0. The van der Waals surface area contributed by atoms with E-state index < -0.39 is 0 Å². The number of Topliss-reactive ketones (excluding diaryl/α,β-unsaturated/α-hetero) is 1. The SMILES string of the molecule is O=C(Cc1ccccc1)c1cc(Cc2ccccc2)c(O)c(Cc2ccccc2)c1O. The van der Waals surface area contributed by atoms with Gasteiger partial charge in [0.15, 0.2) is 5.78 Å². The third kappa shape index (κ3) is 4.84. The minimum atomic E-state index is -0.174. The van der Waals surface area contributed by atoms with Crippen molar-refractivity contribution in [3.63, 3.8) is 0 Å². The van der Waals surface area contributed by atoms with E-state index in [9.17, 15) is 15.0 Å². The van der Waals surface area contributed by atoms with Crippen molar-refractivity contribution < 1.29 is 15.0 Å². The average Bonchev–Trinajstić information content (AvgIpc) is 2.80. The number of phenolic OH excluding ortho intramolecular Hbond substituents is 2. The Bertz CT molecular complexity index is 1170. The van der Waals surface area contributed by atoms with Crippen LogP contribution in [-0.2, 0) is 19.3 Å². The van der Waals surface area contributed by atoms with Crippen LogP contribution < -0.4 is 0 Å². The van der Waals surface area contributed by atoms with Crippen molar-refractivity contribution in [2.24, 2.45) is 0 Å². The molecule has 2 N–H and O–H groups in total. The molecule has 0 amide bonds. The van der Waals surface area contributed by atoms with Crippen LogP contribution in [0.3, 0.4) is 0 Å². The summed E-state index contributed by atoms with van der Waals surface area (Å²) in [5, 5.41) is 22.0. The molecule has 0 saturated heterocycles. The maximum Gasteiger partial charge on any atom is 0.170 e. The molecule has 3 heteroatoms. The van der Waals surface area contributed by atoms with E-state index in [2.05, 4.69) is 0 Å². The molecule has 3 nitrogen and oxygen atoms in total. The van der Waals surface area contributed by atoms with Crippen LogP contribution in [0.5, 0.6) is 11.5 Å². The molecule has 0 aliphatic rings. The van der Waals surface area contributed by atoms with Gasteiger partial charge in [-0.2, -0.15) is 0 Å². The highest BCUT2D eigenvalue weighted by atomic mass is 16.3. The van der Waals surface area contributed by atoms with Crippen molar-refractivity contribution in [3.8, 4) is 11.5 Å². The van der Waals surface area contributed by atoms with E-state index in [1.165, 1.54) is 0 Å². The minimum absolute atomic E-state index is 0.0430. The molecule has 0 radical (unpaired) electrons. The van der Waals surface area contributed by atoms with Crippen LogP contribution in [0.2, 0.25) is 0 Å². The molecule has 4 aromatic carbocycles. The van der Waals surface area contributed by atoms with Crippen LogP contribution in [0.1, 0.15) is 38.2 Å². The normalized spacial score (nSPS) is 10.7. The lowest BCUT2D eigenvalue weighted by Crippen LogP contribution is -2.07. The second kappa shape index (κ2) is 9.31. The predicted molar refractivity (Wildman–Crippen MR) is 123 cm³/mol. The number of phenols is 2. The van der Waals surface area contributed by atoms with Crippen LogP contribution in [0, 0.1) is 0 Å². The monoisotopic (exact) mass is 408 g/mol. The standard InChI is InChI=1S/C28H24O3/c29-26(18-22-14-8-3-9-15-22)24-19-23(16-20-10-4-1-5-11-20)27(30)25(28(24)31)17-21-12-6-2-7-13-21/h1-15,19,30-31H,16-18H2. The Hall–Kier alpha value is -3.85. The molecule has 0 fully saturated rings. The second-order valence-corrected chi connectivity index (χ2v) is 7.67. The van der Waals surface area contributed by atoms with Gasteiger partial charge in [0.25, 0.3) is 0 Å². The fraction of sp³-hybridized carbons (Fsp3) is 0.107. The fourth-order valence-corrected chi connectivity index (χ4v) is 3.79. The molecular weight excluding hydrogens is 384 g/mol. The van der Waals surface area contributed by atoms with E-state index in [1.54, 1.807) is 6.07 Å². The molecule has 154 valence electrons. The van der Waals surface area contributed by atoms with E-state index in [0.717, 1.165) is 16.7 Å². The van der Waals surface area contributed by atoms with Gasteiger partial charge in [-0.1, -0.05) is 91.0 Å². The molecule has 0 atom stereocenters. The first-order chi connectivity index (χ1) is 15.1. The van der Waals surface area contributed by atoms with Gasteiger partial charge in [0.05, 0.1) is 5.56 Å². The molecule has 0 heterocycles. The molecule has 0 unspecified atom stereocenters. The average molecular weight is 408 g/mol. The summed E-state index contributed by atoms with van der Waals surface area (Å²) in [5.74, 6) is -0.270. The van der Waals surface area contributed by atoms with Gasteiger partial charge in [-0.05, 0) is 28.3 Å². The minimum Gasteiger partial charge on any atom is -0.507 e. The molecule has 0 aromatic heterocycles. The Morgan fingerprint density at radius 2 is 1.10 bits per heavy atom. The summed E-state index contributed by atoms with van der Waals surface area (Å²) in [6.07, 6.45) is 1.00. The summed E-state index contributed by atoms with van der Waals surface area (Å²) >= 11 is 0. The smallest absolute Gasteiger partial charge is 0.170 e. The Labute approximate surface area is 182 Å². The van der Waals surface area contributed by atoms with E-state index >= 15 is 0 Å². The van der Waals surface area contributed by atoms with E-state index in [-0.39, 0.29) is 29.3 Å². The Morgan fingerprint density at radius 3 is 1.65 bits per heavy atom. The van der Waals surface area contributed by atoms with Gasteiger partial charge in [-0.15, -0.1) is 0 Å². The molecule has 0 aliphatic heterocycles. The van der Waals surface area contributed by atoms with Gasteiger partial charge >= 0.3 is 0 Å². The van der Waals surface area contributed by atoms with Crippen LogP contribution in [0.15, 0.2) is 97.1 Å². The zero-order valence-electron chi connectivity index (χ0n) is 17.2. The first-order valence-electron chi connectivity index (χ1n) is 10.3. The van der Waals surface area contributed by atoms with E-state index in [1.807, 2.05) is 91.0 Å². The highest BCUT2D eigenvalue weighted by molar-refractivity contribution is 6.01. The van der Waals surface area contributed by atoms with Crippen LogP contribution >= 0.6 is 0 Å². The van der Waals surface area contributed by atoms with Crippen molar-refractivity contribution in [2.75, 3.05) is 0 Å². The number of rotatable bonds is 7. The van der Waals surface area contributed by atoms with E-state index in [4.69, 9.17) is 0 Å². The summed E-state index contributed by atoms with van der Waals surface area (Å²) in [4.78, 5) is 13.1. The molecular formula is C28H24O3.